The van der Waals surface area contributed by atoms with E-state index >= 15 is 0 Å². The van der Waals surface area contributed by atoms with E-state index in [1.165, 1.54) is 0 Å². The molecule has 0 saturated carbocycles. The Hall–Kier alpha value is -1.31. The van der Waals surface area contributed by atoms with E-state index in [4.69, 9.17) is 4.74 Å². The first kappa shape index (κ1) is 15.7. The zero-order chi connectivity index (χ0) is 14.4. The Balaban J connectivity index is 3.02. The first-order valence-corrected chi connectivity index (χ1v) is 7.27. The number of rotatable bonds is 7. The molecule has 106 valence electrons. The van der Waals surface area contributed by atoms with Gasteiger partial charge in [0.2, 0.25) is 0 Å². The molecule has 1 unspecified atom stereocenters. The fourth-order valence-corrected chi connectivity index (χ4v) is 2.43. The van der Waals surface area contributed by atoms with Crippen LogP contribution in [0.2, 0.25) is 0 Å². The molecule has 0 N–H and O–H groups in total. The molecule has 1 aromatic rings. The number of ether oxygens (including phenoxy) is 1. The molecule has 2 heteroatoms. The molecule has 0 heterocycles. The number of Topliss-reactive ketones (excluding diaryl/α,β-unsaturated/α-hetero) is 1. The van der Waals surface area contributed by atoms with Crippen molar-refractivity contribution in [3.8, 4) is 5.75 Å². The molecule has 0 aliphatic heterocycles. The summed E-state index contributed by atoms with van der Waals surface area (Å²) in [7, 11) is 0. The topological polar surface area (TPSA) is 26.3 Å². The van der Waals surface area contributed by atoms with E-state index in [9.17, 15) is 4.79 Å². The van der Waals surface area contributed by atoms with Gasteiger partial charge in [-0.05, 0) is 42.5 Å². The molecule has 0 spiro atoms. The Morgan fingerprint density at radius 2 is 1.95 bits per heavy atom. The van der Waals surface area contributed by atoms with Crippen LogP contribution in [-0.4, -0.2) is 12.4 Å². The Bertz CT molecular complexity index is 421. The molecule has 2 nitrogen and oxygen atoms in total. The van der Waals surface area contributed by atoms with Crippen LogP contribution in [-0.2, 0) is 4.79 Å². The normalized spacial score (nSPS) is 12.5. The van der Waals surface area contributed by atoms with Gasteiger partial charge in [0.25, 0.3) is 0 Å². The minimum atomic E-state index is 0.00484. The number of carbonyl (C=O) groups excluding carboxylic acids is 1. The van der Waals surface area contributed by atoms with Crippen LogP contribution in [0, 0.1) is 12.8 Å². The molecule has 0 aliphatic rings. The maximum Gasteiger partial charge on any atom is 0.140 e. The van der Waals surface area contributed by atoms with Crippen molar-refractivity contribution >= 4 is 5.78 Å². The predicted octanol–water partition coefficient (Wildman–Crippen LogP) is 4.50. The van der Waals surface area contributed by atoms with E-state index in [0.29, 0.717) is 18.1 Å². The van der Waals surface area contributed by atoms with Gasteiger partial charge in [-0.2, -0.15) is 0 Å². The fourth-order valence-electron chi connectivity index (χ4n) is 2.43. The predicted molar refractivity (Wildman–Crippen MR) is 79.8 cm³/mol. The lowest BCUT2D eigenvalue weighted by Crippen LogP contribution is -2.18. The molecule has 0 amide bonds. The van der Waals surface area contributed by atoms with Crippen molar-refractivity contribution in [1.82, 2.24) is 0 Å². The van der Waals surface area contributed by atoms with Gasteiger partial charge < -0.3 is 4.74 Å². The summed E-state index contributed by atoms with van der Waals surface area (Å²) in [5.74, 6) is 1.55. The van der Waals surface area contributed by atoms with E-state index in [1.807, 2.05) is 19.1 Å². The zero-order valence-corrected chi connectivity index (χ0v) is 12.8. The maximum absolute atomic E-state index is 12.1. The van der Waals surface area contributed by atoms with Crippen molar-refractivity contribution in [1.29, 1.82) is 0 Å². The van der Waals surface area contributed by atoms with Crippen LogP contribution in [0.1, 0.15) is 57.6 Å². The van der Waals surface area contributed by atoms with Crippen molar-refractivity contribution in [2.75, 3.05) is 6.61 Å². The lowest BCUT2D eigenvalue weighted by atomic mass is 9.82. The lowest BCUT2D eigenvalue weighted by molar-refractivity contribution is -0.121. The molecule has 0 fully saturated rings. The first-order chi connectivity index (χ1) is 9.01. The number of aryl methyl sites for hydroxylation is 1. The SMILES string of the molecule is CCCOc1ccc(C(C(=O)CC)C(C)C)c(C)c1. The first-order valence-electron chi connectivity index (χ1n) is 7.27. The summed E-state index contributed by atoms with van der Waals surface area (Å²) in [6.45, 7) is 11.0. The standard InChI is InChI=1S/C17H26O2/c1-6-10-19-14-8-9-15(13(5)11-14)17(12(3)4)16(18)7-2/h8-9,11-12,17H,6-7,10H2,1-5H3. The molecule has 0 aliphatic carbocycles. The molecule has 1 aromatic carbocycles. The van der Waals surface area contributed by atoms with Crippen molar-refractivity contribution in [3.63, 3.8) is 0 Å². The van der Waals surface area contributed by atoms with Gasteiger partial charge in [0.15, 0.2) is 0 Å². The third-order valence-electron chi connectivity index (χ3n) is 3.41. The van der Waals surface area contributed by atoms with Crippen LogP contribution < -0.4 is 4.74 Å². The third-order valence-corrected chi connectivity index (χ3v) is 3.41. The Kier molecular flexibility index (Phi) is 6.07. The van der Waals surface area contributed by atoms with Crippen LogP contribution in [0.3, 0.4) is 0 Å². The van der Waals surface area contributed by atoms with Crippen molar-refractivity contribution in [2.45, 2.75) is 53.4 Å². The molecule has 19 heavy (non-hydrogen) atoms. The maximum atomic E-state index is 12.1. The summed E-state index contributed by atoms with van der Waals surface area (Å²) in [5.41, 5.74) is 2.29. The highest BCUT2D eigenvalue weighted by atomic mass is 16.5. The van der Waals surface area contributed by atoms with Crippen LogP contribution >= 0.6 is 0 Å². The van der Waals surface area contributed by atoms with Crippen molar-refractivity contribution < 1.29 is 9.53 Å². The van der Waals surface area contributed by atoms with Gasteiger partial charge >= 0.3 is 0 Å². The van der Waals surface area contributed by atoms with E-state index < -0.39 is 0 Å². The monoisotopic (exact) mass is 262 g/mol. The lowest BCUT2D eigenvalue weighted by Gasteiger charge is -2.22. The average molecular weight is 262 g/mol. The summed E-state index contributed by atoms with van der Waals surface area (Å²) in [6.07, 6.45) is 1.60. The Labute approximate surface area is 117 Å². The third kappa shape index (κ3) is 4.09. The molecule has 1 rings (SSSR count). The minimum Gasteiger partial charge on any atom is -0.494 e. The van der Waals surface area contributed by atoms with Crippen LogP contribution in [0.4, 0.5) is 0 Å². The largest absolute Gasteiger partial charge is 0.494 e. The van der Waals surface area contributed by atoms with Gasteiger partial charge in [-0.25, -0.2) is 0 Å². The summed E-state index contributed by atoms with van der Waals surface area (Å²) in [6, 6.07) is 6.08. The van der Waals surface area contributed by atoms with E-state index in [-0.39, 0.29) is 5.92 Å². The Morgan fingerprint density at radius 1 is 1.26 bits per heavy atom. The summed E-state index contributed by atoms with van der Waals surface area (Å²) in [5, 5.41) is 0. The van der Waals surface area contributed by atoms with Crippen LogP contribution in [0.15, 0.2) is 18.2 Å². The molecular formula is C17H26O2. The smallest absolute Gasteiger partial charge is 0.140 e. The Morgan fingerprint density at radius 3 is 2.42 bits per heavy atom. The highest BCUT2D eigenvalue weighted by Crippen LogP contribution is 2.31. The summed E-state index contributed by atoms with van der Waals surface area (Å²) in [4.78, 5) is 12.1. The fraction of sp³-hybridized carbons (Fsp3) is 0.588. The number of hydrogen-bond acceptors (Lipinski definition) is 2. The van der Waals surface area contributed by atoms with Gasteiger partial charge in [0.1, 0.15) is 11.5 Å². The zero-order valence-electron chi connectivity index (χ0n) is 12.8. The van der Waals surface area contributed by atoms with Gasteiger partial charge in [-0.15, -0.1) is 0 Å². The number of benzene rings is 1. The van der Waals surface area contributed by atoms with Crippen molar-refractivity contribution in [2.24, 2.45) is 5.92 Å². The summed E-state index contributed by atoms with van der Waals surface area (Å²) < 4.78 is 5.63. The highest BCUT2D eigenvalue weighted by Gasteiger charge is 2.24. The van der Waals surface area contributed by atoms with E-state index in [1.54, 1.807) is 0 Å². The molecule has 0 radical (unpaired) electrons. The number of carbonyl (C=O) groups is 1. The summed E-state index contributed by atoms with van der Waals surface area (Å²) >= 11 is 0. The molecule has 0 aromatic heterocycles. The van der Waals surface area contributed by atoms with Crippen molar-refractivity contribution in [3.05, 3.63) is 29.3 Å². The van der Waals surface area contributed by atoms with Gasteiger partial charge in [-0.1, -0.05) is 33.8 Å². The second kappa shape index (κ2) is 7.32. The van der Waals surface area contributed by atoms with Crippen LogP contribution in [0.25, 0.3) is 0 Å². The van der Waals surface area contributed by atoms with E-state index in [2.05, 4.69) is 33.8 Å². The van der Waals surface area contributed by atoms with Gasteiger partial charge in [-0.3, -0.25) is 4.79 Å². The molecular weight excluding hydrogens is 236 g/mol. The van der Waals surface area contributed by atoms with E-state index in [0.717, 1.165) is 29.9 Å². The molecule has 0 saturated heterocycles. The average Bonchev–Trinajstić information content (AvgIpc) is 2.38. The quantitative estimate of drug-likeness (QED) is 0.723. The molecule has 1 atom stereocenters. The second-order valence-electron chi connectivity index (χ2n) is 5.41. The second-order valence-corrected chi connectivity index (χ2v) is 5.41. The molecule has 0 bridgehead atoms. The number of hydrogen-bond donors (Lipinski definition) is 0. The minimum absolute atomic E-state index is 0.00484. The van der Waals surface area contributed by atoms with Gasteiger partial charge in [0.05, 0.1) is 6.61 Å². The van der Waals surface area contributed by atoms with Crippen LogP contribution in [0.5, 0.6) is 5.75 Å². The van der Waals surface area contributed by atoms with Gasteiger partial charge in [0, 0.05) is 12.3 Å². The highest BCUT2D eigenvalue weighted by molar-refractivity contribution is 5.86. The number of ketones is 1.